The van der Waals surface area contributed by atoms with Gasteiger partial charge in [0, 0.05) is 23.7 Å². The Morgan fingerprint density at radius 1 is 0.706 bits per heavy atom. The van der Waals surface area contributed by atoms with Gasteiger partial charge in [-0.05, 0) is 17.7 Å². The first-order valence-electron chi connectivity index (χ1n) is 11.3. The molecule has 4 aromatic carbocycles. The monoisotopic (exact) mass is 441 g/mol. The van der Waals surface area contributed by atoms with Crippen LogP contribution in [0.3, 0.4) is 0 Å². The van der Waals surface area contributed by atoms with Crippen LogP contribution in [0.15, 0.2) is 119 Å². The van der Waals surface area contributed by atoms with Crippen molar-refractivity contribution in [3.05, 3.63) is 126 Å². The van der Waals surface area contributed by atoms with E-state index in [9.17, 15) is 0 Å². The van der Waals surface area contributed by atoms with Gasteiger partial charge in [0.05, 0.1) is 11.0 Å². The molecule has 6 rings (SSSR count). The average molecular weight is 442 g/mol. The first-order chi connectivity index (χ1) is 16.8. The largest absolute Gasteiger partial charge is 0.344 e. The molecule has 1 unspecified atom stereocenters. The standard InChI is InChI=1S/C29H23N5/c1-34-25-19-11-10-18-24(25)30-29(34)23-17-9-8-16-22(23)28-32-26(20-12-4-2-5-13-20)31-27(33-28)21-14-6-3-7-15-21/h2-19,26H,1H3,(H,31,32,33). The van der Waals surface area contributed by atoms with Gasteiger partial charge in [-0.15, -0.1) is 0 Å². The van der Waals surface area contributed by atoms with Crippen molar-refractivity contribution >= 4 is 22.7 Å². The fourth-order valence-electron chi connectivity index (χ4n) is 4.38. The first kappa shape index (κ1) is 20.1. The number of aryl methyl sites for hydroxylation is 1. The van der Waals surface area contributed by atoms with Crippen molar-refractivity contribution in [2.24, 2.45) is 17.0 Å². The maximum atomic E-state index is 5.05. The molecule has 1 aromatic heterocycles. The van der Waals surface area contributed by atoms with Crippen LogP contribution in [0.25, 0.3) is 22.4 Å². The predicted molar refractivity (Wildman–Crippen MR) is 138 cm³/mol. The summed E-state index contributed by atoms with van der Waals surface area (Å²) in [7, 11) is 2.05. The Hall–Kier alpha value is -4.51. The van der Waals surface area contributed by atoms with Gasteiger partial charge in [0.2, 0.25) is 0 Å². The number of aromatic nitrogens is 2. The molecule has 34 heavy (non-hydrogen) atoms. The van der Waals surface area contributed by atoms with Crippen molar-refractivity contribution in [2.75, 3.05) is 0 Å². The summed E-state index contributed by atoms with van der Waals surface area (Å²) < 4.78 is 2.13. The van der Waals surface area contributed by atoms with Crippen molar-refractivity contribution in [2.45, 2.75) is 6.17 Å². The molecule has 0 fully saturated rings. The van der Waals surface area contributed by atoms with E-state index in [0.29, 0.717) is 5.84 Å². The second kappa shape index (κ2) is 8.45. The molecule has 0 bridgehead atoms. The normalized spacial score (nSPS) is 15.5. The maximum Gasteiger partial charge on any atom is 0.160 e. The highest BCUT2D eigenvalue weighted by atomic mass is 15.2. The SMILES string of the molecule is Cn1c(-c2ccccc2C2=NC(c3ccccc3)NC(c3ccccc3)=N2)nc2ccccc21. The minimum atomic E-state index is -0.239. The Morgan fingerprint density at radius 3 is 2.12 bits per heavy atom. The summed E-state index contributed by atoms with van der Waals surface area (Å²) in [5.74, 6) is 2.39. The number of rotatable bonds is 4. The van der Waals surface area contributed by atoms with Gasteiger partial charge in [-0.3, -0.25) is 0 Å². The van der Waals surface area contributed by atoms with Gasteiger partial charge in [0.15, 0.2) is 5.84 Å². The number of nitrogens with one attached hydrogen (secondary N) is 1. The van der Waals surface area contributed by atoms with Gasteiger partial charge in [0.25, 0.3) is 0 Å². The van der Waals surface area contributed by atoms with E-state index in [1.54, 1.807) is 0 Å². The van der Waals surface area contributed by atoms with Crippen molar-refractivity contribution in [1.82, 2.24) is 14.9 Å². The molecule has 0 spiro atoms. The van der Waals surface area contributed by atoms with Crippen molar-refractivity contribution in [3.63, 3.8) is 0 Å². The summed E-state index contributed by atoms with van der Waals surface area (Å²) in [5, 5.41) is 3.52. The Labute approximate surface area is 198 Å². The smallest absolute Gasteiger partial charge is 0.160 e. The number of hydrogen-bond acceptors (Lipinski definition) is 4. The third kappa shape index (κ3) is 3.57. The van der Waals surface area contributed by atoms with E-state index in [1.165, 1.54) is 0 Å². The van der Waals surface area contributed by atoms with Crippen LogP contribution < -0.4 is 5.32 Å². The second-order valence-corrected chi connectivity index (χ2v) is 8.27. The Bertz CT molecular complexity index is 1530. The maximum absolute atomic E-state index is 5.05. The zero-order chi connectivity index (χ0) is 22.9. The molecule has 2 heterocycles. The molecule has 1 atom stereocenters. The van der Waals surface area contributed by atoms with Crippen LogP contribution >= 0.6 is 0 Å². The van der Waals surface area contributed by atoms with Crippen LogP contribution in [-0.2, 0) is 7.05 Å². The molecule has 1 aliphatic rings. The summed E-state index contributed by atoms with van der Waals surface area (Å²) >= 11 is 0. The van der Waals surface area contributed by atoms with Crippen LogP contribution in [0, 0.1) is 0 Å². The van der Waals surface area contributed by atoms with Gasteiger partial charge >= 0.3 is 0 Å². The van der Waals surface area contributed by atoms with Crippen molar-refractivity contribution in [1.29, 1.82) is 0 Å². The number of aliphatic imine (C=N–C) groups is 2. The van der Waals surface area contributed by atoms with Crippen molar-refractivity contribution in [3.8, 4) is 11.4 Å². The zero-order valence-electron chi connectivity index (χ0n) is 18.8. The lowest BCUT2D eigenvalue weighted by Crippen LogP contribution is -2.33. The van der Waals surface area contributed by atoms with Gasteiger partial charge < -0.3 is 9.88 Å². The molecule has 0 saturated heterocycles. The fraction of sp³-hybridized carbons (Fsp3) is 0.0690. The molecule has 1 N–H and O–H groups in total. The van der Waals surface area contributed by atoms with Crippen molar-refractivity contribution < 1.29 is 0 Å². The van der Waals surface area contributed by atoms with E-state index in [4.69, 9.17) is 15.0 Å². The molecule has 0 aliphatic carbocycles. The molecular formula is C29H23N5. The average Bonchev–Trinajstić information content (AvgIpc) is 3.26. The summed E-state index contributed by atoms with van der Waals surface area (Å²) in [4.78, 5) is 15.0. The molecule has 0 radical (unpaired) electrons. The number of nitrogens with zero attached hydrogens (tertiary/aromatic N) is 4. The lowest BCUT2D eigenvalue weighted by molar-refractivity contribution is 0.674. The molecule has 5 nitrogen and oxygen atoms in total. The van der Waals surface area contributed by atoms with Gasteiger partial charge in [-0.2, -0.15) is 0 Å². The number of amidine groups is 2. The van der Waals surface area contributed by atoms with Gasteiger partial charge in [0.1, 0.15) is 17.8 Å². The summed E-state index contributed by atoms with van der Waals surface area (Å²) in [5.41, 5.74) is 6.13. The quantitative estimate of drug-likeness (QED) is 0.387. The summed E-state index contributed by atoms with van der Waals surface area (Å²) in [6, 6.07) is 36.9. The van der Waals surface area contributed by atoms with Crippen LogP contribution in [0.5, 0.6) is 0 Å². The predicted octanol–water partition coefficient (Wildman–Crippen LogP) is 5.74. The number of imidazole rings is 1. The molecule has 1 aliphatic heterocycles. The van der Waals surface area contributed by atoms with E-state index in [1.807, 2.05) is 66.7 Å². The number of fused-ring (bicyclic) bond motifs is 1. The van der Waals surface area contributed by atoms with E-state index >= 15 is 0 Å². The van der Waals surface area contributed by atoms with Gasteiger partial charge in [-0.1, -0.05) is 97.1 Å². The minimum Gasteiger partial charge on any atom is -0.344 e. The molecule has 5 aromatic rings. The minimum absolute atomic E-state index is 0.239. The van der Waals surface area contributed by atoms with Crippen LogP contribution in [0.4, 0.5) is 0 Å². The van der Waals surface area contributed by atoms with Crippen LogP contribution in [-0.4, -0.2) is 21.2 Å². The zero-order valence-corrected chi connectivity index (χ0v) is 18.8. The molecule has 0 saturated carbocycles. The summed E-state index contributed by atoms with van der Waals surface area (Å²) in [6.07, 6.45) is -0.239. The highest BCUT2D eigenvalue weighted by Gasteiger charge is 2.23. The number of hydrogen-bond donors (Lipinski definition) is 1. The Morgan fingerprint density at radius 2 is 1.35 bits per heavy atom. The molecular weight excluding hydrogens is 418 g/mol. The Kier molecular flexibility index (Phi) is 5.00. The molecule has 5 heteroatoms. The lowest BCUT2D eigenvalue weighted by atomic mass is 10.0. The topological polar surface area (TPSA) is 54.6 Å². The molecule has 164 valence electrons. The van der Waals surface area contributed by atoms with Crippen LogP contribution in [0.2, 0.25) is 0 Å². The van der Waals surface area contributed by atoms with Gasteiger partial charge in [-0.25, -0.2) is 15.0 Å². The van der Waals surface area contributed by atoms with E-state index in [-0.39, 0.29) is 6.17 Å². The third-order valence-electron chi connectivity index (χ3n) is 6.10. The first-order valence-corrected chi connectivity index (χ1v) is 11.3. The highest BCUT2D eigenvalue weighted by Crippen LogP contribution is 2.29. The third-order valence-corrected chi connectivity index (χ3v) is 6.10. The Balaban J connectivity index is 1.53. The van der Waals surface area contributed by atoms with E-state index in [0.717, 1.165) is 44.9 Å². The van der Waals surface area contributed by atoms with E-state index in [2.05, 4.69) is 59.4 Å². The van der Waals surface area contributed by atoms with E-state index < -0.39 is 0 Å². The summed E-state index contributed by atoms with van der Waals surface area (Å²) in [6.45, 7) is 0. The fourth-order valence-corrected chi connectivity index (χ4v) is 4.38. The molecule has 0 amide bonds. The lowest BCUT2D eigenvalue weighted by Gasteiger charge is -2.24. The second-order valence-electron chi connectivity index (χ2n) is 8.27. The highest BCUT2D eigenvalue weighted by molar-refractivity contribution is 6.15. The van der Waals surface area contributed by atoms with Crippen LogP contribution in [0.1, 0.15) is 22.9 Å². The number of benzene rings is 4. The number of para-hydroxylation sites is 2.